The molecule has 38 heavy (non-hydrogen) atoms. The van der Waals surface area contributed by atoms with Crippen LogP contribution in [0.4, 0.5) is 26.7 Å². The molecule has 7 nitrogen and oxygen atoms in total. The maximum atomic E-state index is 15.0. The maximum Gasteiger partial charge on any atom is 0.410 e. The number of benzene rings is 1. The molecule has 1 amide bonds. The molecule has 1 saturated heterocycles. The molecule has 1 fully saturated rings. The number of ether oxygens (including phenoxy) is 2. The van der Waals surface area contributed by atoms with Gasteiger partial charge in [-0.15, -0.1) is 0 Å². The number of alkyl halides is 5. The molecule has 0 spiro atoms. The van der Waals surface area contributed by atoms with Crippen molar-refractivity contribution in [3.63, 3.8) is 0 Å². The molecular weight excluding hydrogens is 533 g/mol. The van der Waals surface area contributed by atoms with Gasteiger partial charge in [0.1, 0.15) is 12.6 Å². The standard InChI is InChI=1S/C25H30F5N3O4S/c1-23(2,3)38(35)32-20(25(28,29)30)18-12-17(13-31-21(18)36-4)19-14-33(11-10-24(19,26)27)22(34)37-15-16-8-6-5-7-9-16/h5-9,12-13,19-20,32H,10-11,14-15H2,1-4H3. The van der Waals surface area contributed by atoms with E-state index in [2.05, 4.69) is 9.71 Å². The number of carbonyl (C=O) groups is 1. The predicted octanol–water partition coefficient (Wildman–Crippen LogP) is 5.51. The normalized spacial score (nSPS) is 19.5. The van der Waals surface area contributed by atoms with Crippen LogP contribution in [-0.2, 0) is 22.3 Å². The number of amides is 1. The average molecular weight is 564 g/mol. The van der Waals surface area contributed by atoms with Crippen molar-refractivity contribution in [1.29, 1.82) is 0 Å². The van der Waals surface area contributed by atoms with Crippen molar-refractivity contribution in [2.75, 3.05) is 20.2 Å². The molecule has 3 unspecified atom stereocenters. The first-order valence-electron chi connectivity index (χ1n) is 11.8. The van der Waals surface area contributed by atoms with Crippen LogP contribution < -0.4 is 9.46 Å². The van der Waals surface area contributed by atoms with Gasteiger partial charge in [0.2, 0.25) is 5.88 Å². The Hall–Kier alpha value is -2.80. The lowest BCUT2D eigenvalue weighted by atomic mass is 9.87. The highest BCUT2D eigenvalue weighted by Gasteiger charge is 2.49. The first kappa shape index (κ1) is 29.8. The molecule has 1 aliphatic rings. The fourth-order valence-electron chi connectivity index (χ4n) is 3.87. The van der Waals surface area contributed by atoms with Gasteiger partial charge >= 0.3 is 12.3 Å². The molecule has 1 aliphatic heterocycles. The smallest absolute Gasteiger partial charge is 0.410 e. The van der Waals surface area contributed by atoms with Crippen molar-refractivity contribution >= 4 is 17.1 Å². The van der Waals surface area contributed by atoms with Crippen LogP contribution in [0.25, 0.3) is 0 Å². The van der Waals surface area contributed by atoms with Crippen molar-refractivity contribution in [2.24, 2.45) is 0 Å². The molecule has 210 valence electrons. The van der Waals surface area contributed by atoms with E-state index in [0.717, 1.165) is 24.3 Å². The largest absolute Gasteiger partial charge is 0.481 e. The van der Waals surface area contributed by atoms with E-state index in [0.29, 0.717) is 5.56 Å². The minimum Gasteiger partial charge on any atom is -0.481 e. The summed E-state index contributed by atoms with van der Waals surface area (Å²) in [6, 6.07) is 7.21. The Morgan fingerprint density at radius 2 is 1.89 bits per heavy atom. The Morgan fingerprint density at radius 3 is 2.47 bits per heavy atom. The first-order chi connectivity index (χ1) is 17.6. The summed E-state index contributed by atoms with van der Waals surface area (Å²) < 4.78 is 96.1. The molecule has 3 atom stereocenters. The molecule has 0 bridgehead atoms. The van der Waals surface area contributed by atoms with E-state index in [1.165, 1.54) is 20.8 Å². The molecule has 0 radical (unpaired) electrons. The Morgan fingerprint density at radius 1 is 1.24 bits per heavy atom. The van der Waals surface area contributed by atoms with Crippen LogP contribution >= 0.6 is 0 Å². The number of rotatable bonds is 7. The Labute approximate surface area is 220 Å². The second-order valence-electron chi connectivity index (χ2n) is 9.89. The predicted molar refractivity (Wildman–Crippen MR) is 131 cm³/mol. The summed E-state index contributed by atoms with van der Waals surface area (Å²) in [5.74, 6) is -5.44. The summed E-state index contributed by atoms with van der Waals surface area (Å²) in [5.41, 5.74) is -0.0966. The van der Waals surface area contributed by atoms with E-state index < -0.39 is 70.3 Å². The number of carbonyl (C=O) groups excluding carboxylic acids is 1. The number of nitrogens with one attached hydrogen (secondary N) is 1. The van der Waals surface area contributed by atoms with Crippen molar-refractivity contribution in [3.8, 4) is 5.88 Å². The lowest BCUT2D eigenvalue weighted by Crippen LogP contribution is -2.48. The highest BCUT2D eigenvalue weighted by atomic mass is 32.2. The summed E-state index contributed by atoms with van der Waals surface area (Å²) >= 11 is 0. The third kappa shape index (κ3) is 7.19. The SMILES string of the molecule is COc1ncc(C2CN(C(=O)OCc3ccccc3)CCC2(F)F)cc1C(NS(=O)C(C)(C)C)C(F)(F)F. The number of pyridine rings is 1. The molecule has 3 rings (SSSR count). The number of aromatic nitrogens is 1. The third-order valence-electron chi connectivity index (χ3n) is 6.01. The zero-order valence-electron chi connectivity index (χ0n) is 21.4. The Kier molecular flexibility index (Phi) is 9.02. The van der Waals surface area contributed by atoms with Gasteiger partial charge in [0.15, 0.2) is 0 Å². The number of hydrogen-bond acceptors (Lipinski definition) is 5. The molecule has 2 heterocycles. The van der Waals surface area contributed by atoms with E-state index in [4.69, 9.17) is 9.47 Å². The number of nitrogens with zero attached hydrogens (tertiary/aromatic N) is 2. The summed E-state index contributed by atoms with van der Waals surface area (Å²) in [6.07, 6.45) is -5.47. The van der Waals surface area contributed by atoms with Crippen molar-refractivity contribution in [3.05, 3.63) is 59.3 Å². The van der Waals surface area contributed by atoms with Crippen LogP contribution in [0.15, 0.2) is 42.6 Å². The molecule has 1 aromatic carbocycles. The number of methoxy groups -OCH3 is 1. The fourth-order valence-corrected chi connectivity index (χ4v) is 4.70. The topological polar surface area (TPSA) is 80.8 Å². The quantitative estimate of drug-likeness (QED) is 0.450. The van der Waals surface area contributed by atoms with Gasteiger partial charge in [-0.2, -0.15) is 13.2 Å². The molecule has 1 aromatic heterocycles. The lowest BCUT2D eigenvalue weighted by molar-refractivity contribution is -0.153. The number of halogens is 5. The number of hydrogen-bond donors (Lipinski definition) is 1. The van der Waals surface area contributed by atoms with Crippen LogP contribution in [0.5, 0.6) is 5.88 Å². The second-order valence-corrected chi connectivity index (χ2v) is 11.9. The van der Waals surface area contributed by atoms with E-state index in [1.54, 1.807) is 30.3 Å². The van der Waals surface area contributed by atoms with Gasteiger partial charge in [0, 0.05) is 31.3 Å². The van der Waals surface area contributed by atoms with Gasteiger partial charge in [-0.1, -0.05) is 30.3 Å². The van der Waals surface area contributed by atoms with Crippen LogP contribution in [0.1, 0.15) is 55.8 Å². The Balaban J connectivity index is 1.90. The van der Waals surface area contributed by atoms with Gasteiger partial charge in [0.25, 0.3) is 5.92 Å². The third-order valence-corrected chi connectivity index (χ3v) is 7.57. The molecular formula is C25H30F5N3O4S. The van der Waals surface area contributed by atoms with E-state index in [-0.39, 0.29) is 18.7 Å². The van der Waals surface area contributed by atoms with Crippen LogP contribution in [0, 0.1) is 0 Å². The van der Waals surface area contributed by atoms with Crippen molar-refractivity contribution < 1.29 is 40.4 Å². The van der Waals surface area contributed by atoms with Gasteiger partial charge in [-0.3, -0.25) is 0 Å². The molecule has 0 aliphatic carbocycles. The van der Waals surface area contributed by atoms with Gasteiger partial charge in [-0.05, 0) is 38.0 Å². The van der Waals surface area contributed by atoms with Crippen LogP contribution in [0.2, 0.25) is 0 Å². The minimum atomic E-state index is -4.95. The summed E-state index contributed by atoms with van der Waals surface area (Å²) in [4.78, 5) is 17.6. The molecule has 1 N–H and O–H groups in total. The van der Waals surface area contributed by atoms with Crippen molar-refractivity contribution in [1.82, 2.24) is 14.6 Å². The van der Waals surface area contributed by atoms with Gasteiger partial charge < -0.3 is 14.4 Å². The zero-order valence-corrected chi connectivity index (χ0v) is 22.2. The molecule has 2 aromatic rings. The summed E-state index contributed by atoms with van der Waals surface area (Å²) in [6.45, 7) is 3.63. The van der Waals surface area contributed by atoms with E-state index in [1.807, 2.05) is 0 Å². The summed E-state index contributed by atoms with van der Waals surface area (Å²) in [5, 5.41) is 0. The van der Waals surface area contributed by atoms with E-state index in [9.17, 15) is 22.2 Å². The van der Waals surface area contributed by atoms with Crippen LogP contribution in [0.3, 0.4) is 0 Å². The van der Waals surface area contributed by atoms with E-state index >= 15 is 8.78 Å². The highest BCUT2D eigenvalue weighted by molar-refractivity contribution is 7.84. The summed E-state index contributed by atoms with van der Waals surface area (Å²) in [7, 11) is -1.06. The first-order valence-corrected chi connectivity index (χ1v) is 12.9. The van der Waals surface area contributed by atoms with Gasteiger partial charge in [0.05, 0.1) is 28.8 Å². The Bertz CT molecular complexity index is 1140. The number of likely N-dealkylation sites (tertiary alicyclic amines) is 1. The number of piperidine rings is 1. The average Bonchev–Trinajstić information content (AvgIpc) is 2.84. The second kappa shape index (κ2) is 11.5. The van der Waals surface area contributed by atoms with Gasteiger partial charge in [-0.25, -0.2) is 27.5 Å². The fraction of sp³-hybridized carbons (Fsp3) is 0.520. The van der Waals surface area contributed by atoms with Crippen LogP contribution in [-0.4, -0.2) is 57.2 Å². The zero-order chi connectivity index (χ0) is 28.3. The maximum absolute atomic E-state index is 15.0. The lowest BCUT2D eigenvalue weighted by Gasteiger charge is -2.38. The highest BCUT2D eigenvalue weighted by Crippen LogP contribution is 2.43. The van der Waals surface area contributed by atoms with Crippen molar-refractivity contribution in [2.45, 2.75) is 62.6 Å². The molecule has 0 saturated carbocycles. The minimum absolute atomic E-state index is 0.0602. The monoisotopic (exact) mass is 563 g/mol. The molecule has 13 heteroatoms.